The van der Waals surface area contributed by atoms with Gasteiger partial charge in [0.25, 0.3) is 0 Å². The Labute approximate surface area is 106 Å². The van der Waals surface area contributed by atoms with E-state index in [1.165, 1.54) is 16.8 Å². The second-order valence-corrected chi connectivity index (χ2v) is 5.06. The van der Waals surface area contributed by atoms with Gasteiger partial charge >= 0.3 is 0 Å². The molecule has 0 bridgehead atoms. The molecule has 0 aliphatic carbocycles. The molecule has 0 atom stereocenters. The zero-order valence-electron chi connectivity index (χ0n) is 9.35. The van der Waals surface area contributed by atoms with E-state index in [1.54, 1.807) is 26.1 Å². The maximum atomic E-state index is 13.1. The summed E-state index contributed by atoms with van der Waals surface area (Å²) in [6.45, 7) is 3.23. The van der Waals surface area contributed by atoms with E-state index in [-0.39, 0.29) is 5.82 Å². The van der Waals surface area contributed by atoms with Crippen molar-refractivity contribution in [3.05, 3.63) is 40.4 Å². The monoisotopic (exact) mass is 299 g/mol. The summed E-state index contributed by atoms with van der Waals surface area (Å²) in [5, 5.41) is 17.5. The van der Waals surface area contributed by atoms with Crippen molar-refractivity contribution in [1.82, 2.24) is 15.0 Å². The number of hydrogen-bond donors (Lipinski definition) is 1. The number of benzene rings is 1. The first-order valence-electron chi connectivity index (χ1n) is 4.98. The molecule has 1 aromatic heterocycles. The second kappa shape index (κ2) is 4.19. The molecule has 0 saturated carbocycles. The molecule has 0 radical (unpaired) electrons. The first-order valence-corrected chi connectivity index (χ1v) is 5.78. The number of nitrogens with zero attached hydrogens (tertiary/aromatic N) is 3. The van der Waals surface area contributed by atoms with Crippen molar-refractivity contribution in [2.75, 3.05) is 0 Å². The summed E-state index contributed by atoms with van der Waals surface area (Å²) in [6.07, 6.45) is 1.57. The Morgan fingerprint density at radius 1 is 1.41 bits per heavy atom. The fourth-order valence-electron chi connectivity index (χ4n) is 1.32. The maximum Gasteiger partial charge on any atom is 0.125 e. The van der Waals surface area contributed by atoms with Gasteiger partial charge in [0, 0.05) is 10.5 Å². The number of halogens is 2. The van der Waals surface area contributed by atoms with Crippen LogP contribution >= 0.6 is 15.9 Å². The third kappa shape index (κ3) is 2.53. The minimum Gasteiger partial charge on any atom is -0.384 e. The number of hydrogen-bond acceptors (Lipinski definition) is 3. The Kier molecular flexibility index (Phi) is 3.01. The van der Waals surface area contributed by atoms with Crippen LogP contribution in [0.15, 0.2) is 28.9 Å². The van der Waals surface area contributed by atoms with E-state index in [1.807, 2.05) is 0 Å². The molecule has 0 unspecified atom stereocenters. The number of rotatable bonds is 2. The maximum absolute atomic E-state index is 13.1. The highest BCUT2D eigenvalue weighted by Crippen LogP contribution is 2.23. The number of aliphatic hydroxyl groups is 1. The highest BCUT2D eigenvalue weighted by molar-refractivity contribution is 9.10. The highest BCUT2D eigenvalue weighted by Gasteiger charge is 2.20. The fraction of sp³-hybridized carbons (Fsp3) is 0.273. The van der Waals surface area contributed by atoms with Gasteiger partial charge in [0.15, 0.2) is 0 Å². The Bertz CT molecular complexity index is 548. The van der Waals surface area contributed by atoms with E-state index < -0.39 is 5.60 Å². The zero-order valence-corrected chi connectivity index (χ0v) is 10.9. The molecule has 6 heteroatoms. The largest absolute Gasteiger partial charge is 0.384 e. The van der Waals surface area contributed by atoms with Crippen molar-refractivity contribution in [2.45, 2.75) is 19.4 Å². The predicted molar refractivity (Wildman–Crippen MR) is 64.3 cm³/mol. The molecule has 2 aromatic rings. The van der Waals surface area contributed by atoms with Crippen LogP contribution in [0.5, 0.6) is 0 Å². The first-order chi connectivity index (χ1) is 7.88. The van der Waals surface area contributed by atoms with Gasteiger partial charge in [-0.25, -0.2) is 9.07 Å². The Balaban J connectivity index is 2.47. The van der Waals surface area contributed by atoms with Crippen molar-refractivity contribution in [3.8, 4) is 5.69 Å². The molecule has 4 nitrogen and oxygen atoms in total. The summed E-state index contributed by atoms with van der Waals surface area (Å²) >= 11 is 3.31. The van der Waals surface area contributed by atoms with Crippen LogP contribution in [0.1, 0.15) is 19.5 Å². The molecule has 2 rings (SSSR count). The number of aromatic nitrogens is 3. The van der Waals surface area contributed by atoms with Crippen LogP contribution in [-0.4, -0.2) is 20.1 Å². The van der Waals surface area contributed by atoms with Crippen molar-refractivity contribution >= 4 is 15.9 Å². The minimum atomic E-state index is -1.07. The molecule has 90 valence electrons. The lowest BCUT2D eigenvalue weighted by atomic mass is 10.1. The van der Waals surface area contributed by atoms with E-state index in [4.69, 9.17) is 0 Å². The third-order valence-electron chi connectivity index (χ3n) is 2.28. The van der Waals surface area contributed by atoms with Crippen LogP contribution in [0.25, 0.3) is 5.69 Å². The summed E-state index contributed by atoms with van der Waals surface area (Å²) in [7, 11) is 0. The molecule has 1 aromatic carbocycles. The molecule has 1 N–H and O–H groups in total. The van der Waals surface area contributed by atoms with Gasteiger partial charge in [0.1, 0.15) is 17.1 Å². The van der Waals surface area contributed by atoms with Crippen molar-refractivity contribution < 1.29 is 9.50 Å². The van der Waals surface area contributed by atoms with E-state index in [9.17, 15) is 9.50 Å². The zero-order chi connectivity index (χ0) is 12.6. The van der Waals surface area contributed by atoms with Crippen molar-refractivity contribution in [2.24, 2.45) is 0 Å². The third-order valence-corrected chi connectivity index (χ3v) is 2.95. The van der Waals surface area contributed by atoms with Crippen LogP contribution in [-0.2, 0) is 5.60 Å². The van der Waals surface area contributed by atoms with Gasteiger partial charge < -0.3 is 5.11 Å². The van der Waals surface area contributed by atoms with Gasteiger partial charge in [-0.15, -0.1) is 5.10 Å². The van der Waals surface area contributed by atoms with Crippen molar-refractivity contribution in [1.29, 1.82) is 0 Å². The van der Waals surface area contributed by atoms with E-state index in [2.05, 4.69) is 26.2 Å². The normalized spacial score (nSPS) is 11.8. The summed E-state index contributed by atoms with van der Waals surface area (Å²) < 4.78 is 15.3. The van der Waals surface area contributed by atoms with Gasteiger partial charge in [-0.05, 0) is 41.9 Å². The van der Waals surface area contributed by atoms with Crippen LogP contribution in [0, 0.1) is 5.82 Å². The molecular formula is C11H11BrFN3O. The second-order valence-electron chi connectivity index (χ2n) is 4.20. The summed E-state index contributed by atoms with van der Waals surface area (Å²) in [5.74, 6) is -0.358. The predicted octanol–water partition coefficient (Wildman–Crippen LogP) is 2.40. The highest BCUT2D eigenvalue weighted by atomic mass is 79.9. The van der Waals surface area contributed by atoms with Gasteiger partial charge in [-0.3, -0.25) is 0 Å². The van der Waals surface area contributed by atoms with Gasteiger partial charge in [-0.1, -0.05) is 5.21 Å². The van der Waals surface area contributed by atoms with Crippen LogP contribution < -0.4 is 0 Å². The quantitative estimate of drug-likeness (QED) is 0.926. The SMILES string of the molecule is CC(C)(O)c1cn(-c2cc(F)ccc2Br)nn1. The average Bonchev–Trinajstić information content (AvgIpc) is 2.70. The van der Waals surface area contributed by atoms with Crippen LogP contribution in [0.2, 0.25) is 0 Å². The van der Waals surface area contributed by atoms with Crippen LogP contribution in [0.4, 0.5) is 4.39 Å². The standard InChI is InChI=1S/C11H11BrFN3O/c1-11(2,17)10-6-16(15-14-10)9-5-7(13)3-4-8(9)12/h3-6,17H,1-2H3. The lowest BCUT2D eigenvalue weighted by Gasteiger charge is -2.11. The molecule has 0 fully saturated rings. The van der Waals surface area contributed by atoms with Crippen LogP contribution in [0.3, 0.4) is 0 Å². The molecule has 0 aliphatic heterocycles. The van der Waals surface area contributed by atoms with Gasteiger partial charge in [0.2, 0.25) is 0 Å². The Morgan fingerprint density at radius 2 is 2.12 bits per heavy atom. The molecule has 0 saturated heterocycles. The van der Waals surface area contributed by atoms with E-state index in [0.717, 1.165) is 0 Å². The molecular weight excluding hydrogens is 289 g/mol. The molecule has 0 spiro atoms. The first kappa shape index (κ1) is 12.2. The van der Waals surface area contributed by atoms with E-state index in [0.29, 0.717) is 15.9 Å². The molecule has 17 heavy (non-hydrogen) atoms. The topological polar surface area (TPSA) is 50.9 Å². The Morgan fingerprint density at radius 3 is 2.71 bits per heavy atom. The molecule has 1 heterocycles. The molecule has 0 amide bonds. The summed E-state index contributed by atoms with van der Waals surface area (Å²) in [4.78, 5) is 0. The lowest BCUT2D eigenvalue weighted by molar-refractivity contribution is 0.0737. The van der Waals surface area contributed by atoms with Gasteiger partial charge in [0.05, 0.1) is 11.9 Å². The minimum absolute atomic E-state index is 0.358. The van der Waals surface area contributed by atoms with Crippen molar-refractivity contribution in [3.63, 3.8) is 0 Å². The lowest BCUT2D eigenvalue weighted by Crippen LogP contribution is -2.15. The Hall–Kier alpha value is -1.27. The van der Waals surface area contributed by atoms with Gasteiger partial charge in [-0.2, -0.15) is 0 Å². The average molecular weight is 300 g/mol. The van der Waals surface area contributed by atoms with E-state index >= 15 is 0 Å². The smallest absolute Gasteiger partial charge is 0.125 e. The summed E-state index contributed by atoms with van der Waals surface area (Å²) in [5.41, 5.74) is -0.112. The fourth-order valence-corrected chi connectivity index (χ4v) is 1.75. The molecule has 0 aliphatic rings. The summed E-state index contributed by atoms with van der Waals surface area (Å²) in [6, 6.07) is 4.28.